The number of nitrogens with one attached hydrogen (secondary N) is 2. The molecular formula is C24H25FN6O3S. The fourth-order valence-corrected chi connectivity index (χ4v) is 6.09. The van der Waals surface area contributed by atoms with Crippen LogP contribution in [-0.2, 0) is 14.6 Å². The molecule has 2 aromatic carbocycles. The Hall–Kier alpha value is -3.57. The number of benzene rings is 2. The normalized spacial score (nSPS) is 14.8. The van der Waals surface area contributed by atoms with Gasteiger partial charge in [-0.05, 0) is 61.7 Å². The van der Waals surface area contributed by atoms with Gasteiger partial charge in [0.1, 0.15) is 17.2 Å². The molecule has 2 N–H and O–H groups in total. The number of H-pyrrole nitrogens is 1. The predicted octanol–water partition coefficient (Wildman–Crippen LogP) is 4.26. The van der Waals surface area contributed by atoms with Crippen LogP contribution in [0, 0.1) is 12.7 Å². The summed E-state index contributed by atoms with van der Waals surface area (Å²) in [4.78, 5) is 10.8. The molecule has 0 amide bonds. The molecule has 0 saturated carbocycles. The Morgan fingerprint density at radius 3 is 2.77 bits per heavy atom. The maximum atomic E-state index is 14.1. The molecule has 1 fully saturated rings. The second kappa shape index (κ2) is 9.23. The molecule has 3 heterocycles. The Balaban J connectivity index is 1.42. The van der Waals surface area contributed by atoms with Gasteiger partial charge in [0, 0.05) is 37.5 Å². The van der Waals surface area contributed by atoms with Crippen molar-refractivity contribution >= 4 is 44.0 Å². The summed E-state index contributed by atoms with van der Waals surface area (Å²) in [5.74, 6) is 0.957. The van der Waals surface area contributed by atoms with Crippen molar-refractivity contribution in [3.63, 3.8) is 0 Å². The third kappa shape index (κ3) is 4.56. The molecule has 2 aromatic heterocycles. The maximum Gasteiger partial charge on any atom is 0.229 e. The van der Waals surface area contributed by atoms with Crippen molar-refractivity contribution in [2.24, 2.45) is 0 Å². The van der Waals surface area contributed by atoms with Gasteiger partial charge in [-0.2, -0.15) is 10.1 Å². The topological polar surface area (TPSA) is 113 Å². The quantitative estimate of drug-likeness (QED) is 0.407. The highest BCUT2D eigenvalue weighted by Gasteiger charge is 2.29. The molecule has 182 valence electrons. The molecule has 1 aliphatic heterocycles. The van der Waals surface area contributed by atoms with Gasteiger partial charge in [0.25, 0.3) is 0 Å². The number of halogens is 1. The van der Waals surface area contributed by atoms with Gasteiger partial charge in [0.2, 0.25) is 5.95 Å². The number of para-hydroxylation sites is 1. The molecule has 5 rings (SSSR count). The van der Waals surface area contributed by atoms with Crippen LogP contribution >= 0.6 is 0 Å². The minimum atomic E-state index is -3.49. The van der Waals surface area contributed by atoms with Crippen molar-refractivity contribution in [2.75, 3.05) is 30.5 Å². The van der Waals surface area contributed by atoms with Crippen LogP contribution in [0.3, 0.4) is 0 Å². The maximum absolute atomic E-state index is 14.1. The van der Waals surface area contributed by atoms with Crippen molar-refractivity contribution in [1.82, 2.24) is 20.2 Å². The number of fused-ring (bicyclic) bond motifs is 1. The molecule has 0 atom stereocenters. The molecule has 1 aliphatic rings. The highest BCUT2D eigenvalue weighted by atomic mass is 32.2. The summed E-state index contributed by atoms with van der Waals surface area (Å²) in [5, 5.41) is 10.3. The first-order chi connectivity index (χ1) is 16.8. The number of anilines is 4. The summed E-state index contributed by atoms with van der Waals surface area (Å²) >= 11 is 0. The monoisotopic (exact) mass is 496 g/mol. The van der Waals surface area contributed by atoms with Gasteiger partial charge < -0.3 is 15.0 Å². The molecule has 11 heteroatoms. The smallest absolute Gasteiger partial charge is 0.229 e. The van der Waals surface area contributed by atoms with Crippen LogP contribution in [0.4, 0.5) is 27.7 Å². The van der Waals surface area contributed by atoms with Crippen LogP contribution in [-0.4, -0.2) is 54.1 Å². The van der Waals surface area contributed by atoms with E-state index in [2.05, 4.69) is 25.5 Å². The number of aryl methyl sites for hydroxylation is 1. The van der Waals surface area contributed by atoms with Crippen LogP contribution in [0.5, 0.6) is 0 Å². The van der Waals surface area contributed by atoms with E-state index < -0.39 is 15.1 Å². The van der Waals surface area contributed by atoms with E-state index in [4.69, 9.17) is 4.74 Å². The first-order valence-electron chi connectivity index (χ1n) is 11.2. The van der Waals surface area contributed by atoms with Gasteiger partial charge in [-0.25, -0.2) is 17.8 Å². The minimum absolute atomic E-state index is 0.269. The second-order valence-electron chi connectivity index (χ2n) is 8.52. The minimum Gasteiger partial charge on any atom is -0.381 e. The first kappa shape index (κ1) is 23.2. The Bertz CT molecular complexity index is 1480. The lowest BCUT2D eigenvalue weighted by molar-refractivity contribution is 0.0983. The third-order valence-electron chi connectivity index (χ3n) is 6.07. The summed E-state index contributed by atoms with van der Waals surface area (Å²) in [5.41, 5.74) is 1.70. The van der Waals surface area contributed by atoms with E-state index in [1.807, 2.05) is 13.0 Å². The van der Waals surface area contributed by atoms with Crippen molar-refractivity contribution in [1.29, 1.82) is 0 Å². The number of aromatic amines is 1. The molecule has 0 bridgehead atoms. The first-order valence-corrected chi connectivity index (χ1v) is 12.8. The van der Waals surface area contributed by atoms with Crippen LogP contribution in [0.2, 0.25) is 0 Å². The second-order valence-corrected chi connectivity index (χ2v) is 10.8. The molecule has 0 spiro atoms. The zero-order valence-corrected chi connectivity index (χ0v) is 20.1. The number of aromatic nitrogens is 4. The summed E-state index contributed by atoms with van der Waals surface area (Å²) in [7, 11) is -1.71. The zero-order chi connectivity index (χ0) is 24.6. The Labute approximate surface area is 202 Å². The average molecular weight is 497 g/mol. The van der Waals surface area contributed by atoms with Gasteiger partial charge in [0.05, 0.1) is 10.1 Å². The molecule has 1 saturated heterocycles. The number of nitrogens with zero attached hydrogens (tertiary/aromatic N) is 4. The molecule has 0 unspecified atom stereocenters. The van der Waals surface area contributed by atoms with Crippen molar-refractivity contribution in [3.05, 3.63) is 60.0 Å². The molecule has 4 aromatic rings. The van der Waals surface area contributed by atoms with E-state index >= 15 is 0 Å². The lowest BCUT2D eigenvalue weighted by Crippen LogP contribution is -2.29. The van der Waals surface area contributed by atoms with E-state index in [-0.39, 0.29) is 10.7 Å². The van der Waals surface area contributed by atoms with E-state index in [1.54, 1.807) is 48.5 Å². The van der Waals surface area contributed by atoms with Crippen molar-refractivity contribution in [2.45, 2.75) is 29.9 Å². The van der Waals surface area contributed by atoms with Gasteiger partial charge in [-0.1, -0.05) is 6.07 Å². The third-order valence-corrected chi connectivity index (χ3v) is 8.31. The lowest BCUT2D eigenvalue weighted by Gasteiger charge is -2.22. The van der Waals surface area contributed by atoms with Crippen molar-refractivity contribution < 1.29 is 17.5 Å². The zero-order valence-electron chi connectivity index (χ0n) is 19.3. The highest BCUT2D eigenvalue weighted by Crippen LogP contribution is 2.30. The fraction of sp³-hybridized carbons (Fsp3) is 0.292. The standard InChI is InChI=1S/C24H25FN6O3S/c1-15-12-16(14-18(13-15)35(32,33)17-7-10-34-11-8-17)27-24-26-9-6-21(28-24)31(2)23-19-4-3-5-20(25)22(19)29-30-23/h3-6,9,12-14,17H,7-8,10-11H2,1-2H3,(H,29,30)(H,26,27,28). The lowest BCUT2D eigenvalue weighted by atomic mass is 10.2. The summed E-state index contributed by atoms with van der Waals surface area (Å²) in [6.07, 6.45) is 2.57. The summed E-state index contributed by atoms with van der Waals surface area (Å²) < 4.78 is 45.8. The summed E-state index contributed by atoms with van der Waals surface area (Å²) in [6.45, 7) is 2.75. The number of ether oxygens (including phenoxy) is 1. The SMILES string of the molecule is Cc1cc(Nc2nccc(N(C)c3n[nH]c4c(F)cccc34)n2)cc(S(=O)(=O)C2CCOCC2)c1. The fourth-order valence-electron chi connectivity index (χ4n) is 4.25. The summed E-state index contributed by atoms with van der Waals surface area (Å²) in [6, 6.07) is 11.6. The highest BCUT2D eigenvalue weighted by molar-refractivity contribution is 7.92. The number of rotatable bonds is 6. The molecular weight excluding hydrogens is 471 g/mol. The predicted molar refractivity (Wildman–Crippen MR) is 132 cm³/mol. The van der Waals surface area contributed by atoms with Crippen LogP contribution in [0.1, 0.15) is 18.4 Å². The number of sulfone groups is 1. The van der Waals surface area contributed by atoms with Gasteiger partial charge in [-0.15, -0.1) is 0 Å². The van der Waals surface area contributed by atoms with E-state index in [0.717, 1.165) is 5.56 Å². The van der Waals surface area contributed by atoms with Crippen LogP contribution < -0.4 is 10.2 Å². The number of hydrogen-bond donors (Lipinski definition) is 2. The Kier molecular flexibility index (Phi) is 6.12. The van der Waals surface area contributed by atoms with E-state index in [1.165, 1.54) is 6.07 Å². The van der Waals surface area contributed by atoms with E-state index in [0.29, 0.717) is 60.2 Å². The largest absolute Gasteiger partial charge is 0.381 e. The average Bonchev–Trinajstić information content (AvgIpc) is 3.29. The van der Waals surface area contributed by atoms with Crippen LogP contribution in [0.15, 0.2) is 53.6 Å². The van der Waals surface area contributed by atoms with Gasteiger partial charge in [-0.3, -0.25) is 5.10 Å². The number of hydrogen-bond acceptors (Lipinski definition) is 8. The van der Waals surface area contributed by atoms with Crippen LogP contribution in [0.25, 0.3) is 10.9 Å². The van der Waals surface area contributed by atoms with E-state index in [9.17, 15) is 12.8 Å². The molecule has 35 heavy (non-hydrogen) atoms. The Morgan fingerprint density at radius 2 is 1.97 bits per heavy atom. The van der Waals surface area contributed by atoms with Gasteiger partial charge >= 0.3 is 0 Å². The Morgan fingerprint density at radius 1 is 1.17 bits per heavy atom. The van der Waals surface area contributed by atoms with Gasteiger partial charge in [0.15, 0.2) is 15.7 Å². The van der Waals surface area contributed by atoms with Crippen molar-refractivity contribution in [3.8, 4) is 0 Å². The molecule has 0 aliphatic carbocycles. The molecule has 0 radical (unpaired) electrons. The molecule has 9 nitrogen and oxygen atoms in total.